The van der Waals surface area contributed by atoms with Crippen LogP contribution in [0.15, 0.2) is 28.8 Å². The van der Waals surface area contributed by atoms with E-state index in [0.717, 1.165) is 11.3 Å². The molecular weight excluding hydrogens is 294 g/mol. The lowest BCUT2D eigenvalue weighted by Gasteiger charge is -2.17. The highest BCUT2D eigenvalue weighted by Crippen LogP contribution is 2.30. The average Bonchev–Trinajstić information content (AvgIpc) is 3.15. The van der Waals surface area contributed by atoms with E-state index < -0.39 is 0 Å². The minimum Gasteiger partial charge on any atom is -0.496 e. The fourth-order valence-corrected chi connectivity index (χ4v) is 2.78. The summed E-state index contributed by atoms with van der Waals surface area (Å²) in [7, 11) is 1.64. The van der Waals surface area contributed by atoms with Crippen LogP contribution in [0.3, 0.4) is 0 Å². The molecule has 1 aliphatic rings. The number of carbonyl (C=O) groups is 1. The number of nitrogens with zero attached hydrogens (tertiary/aromatic N) is 3. The predicted octanol–water partition coefficient (Wildman–Crippen LogP) is 2.72. The second kappa shape index (κ2) is 6.40. The van der Waals surface area contributed by atoms with Gasteiger partial charge in [0.05, 0.1) is 13.0 Å². The van der Waals surface area contributed by atoms with E-state index in [1.54, 1.807) is 7.11 Å². The van der Waals surface area contributed by atoms with Crippen LogP contribution in [0.2, 0.25) is 0 Å². The monoisotopic (exact) mass is 315 g/mol. The Kier molecular flexibility index (Phi) is 4.32. The van der Waals surface area contributed by atoms with Gasteiger partial charge in [0, 0.05) is 31.0 Å². The number of rotatable bonds is 5. The highest BCUT2D eigenvalue weighted by molar-refractivity contribution is 5.79. The molecular formula is C17H21N3O3. The number of amides is 1. The fourth-order valence-electron chi connectivity index (χ4n) is 2.78. The van der Waals surface area contributed by atoms with Crippen LogP contribution >= 0.6 is 0 Å². The quantitative estimate of drug-likeness (QED) is 0.848. The Morgan fingerprint density at radius 3 is 2.87 bits per heavy atom. The summed E-state index contributed by atoms with van der Waals surface area (Å²) in [5.41, 5.74) is 0.998. The standard InChI is InChI=1S/C17H21N3O3/c1-11(2)16-18-17(23-19-16)13-8-15(21)20(10-13)9-12-6-4-5-7-14(12)22-3/h4-7,11,13H,8-10H2,1-3H3. The zero-order valence-electron chi connectivity index (χ0n) is 13.7. The molecule has 2 heterocycles. The highest BCUT2D eigenvalue weighted by atomic mass is 16.5. The number of carbonyl (C=O) groups excluding carboxylic acids is 1. The second-order valence-electron chi connectivity index (χ2n) is 6.13. The number of hydrogen-bond donors (Lipinski definition) is 0. The van der Waals surface area contributed by atoms with Crippen LogP contribution in [0.1, 0.15) is 49.4 Å². The van der Waals surface area contributed by atoms with Gasteiger partial charge in [0.25, 0.3) is 0 Å². The molecule has 1 aromatic carbocycles. The van der Waals surface area contributed by atoms with Crippen molar-refractivity contribution in [2.75, 3.05) is 13.7 Å². The van der Waals surface area contributed by atoms with Crippen molar-refractivity contribution < 1.29 is 14.1 Å². The molecule has 0 saturated carbocycles. The van der Waals surface area contributed by atoms with Crippen LogP contribution in [-0.4, -0.2) is 34.6 Å². The van der Waals surface area contributed by atoms with Crippen molar-refractivity contribution in [2.45, 2.75) is 38.6 Å². The van der Waals surface area contributed by atoms with Crippen molar-refractivity contribution in [1.82, 2.24) is 15.0 Å². The van der Waals surface area contributed by atoms with Crippen LogP contribution in [0.5, 0.6) is 5.75 Å². The zero-order valence-corrected chi connectivity index (χ0v) is 13.7. The molecule has 1 aliphatic heterocycles. The average molecular weight is 315 g/mol. The van der Waals surface area contributed by atoms with Gasteiger partial charge < -0.3 is 14.2 Å². The molecule has 1 unspecified atom stereocenters. The Labute approximate surface area is 135 Å². The van der Waals surface area contributed by atoms with Crippen LogP contribution in [0.4, 0.5) is 0 Å². The van der Waals surface area contributed by atoms with Gasteiger partial charge in [0.15, 0.2) is 5.82 Å². The maximum Gasteiger partial charge on any atom is 0.232 e. The minimum atomic E-state index is -0.0304. The molecule has 122 valence electrons. The normalized spacial score (nSPS) is 18.0. The number of methoxy groups -OCH3 is 1. The molecule has 0 spiro atoms. The van der Waals surface area contributed by atoms with Crippen LogP contribution < -0.4 is 4.74 Å². The molecule has 1 atom stereocenters. The van der Waals surface area contributed by atoms with Crippen molar-refractivity contribution in [2.24, 2.45) is 0 Å². The van der Waals surface area contributed by atoms with E-state index in [4.69, 9.17) is 9.26 Å². The van der Waals surface area contributed by atoms with E-state index in [1.165, 1.54) is 0 Å². The van der Waals surface area contributed by atoms with Crippen molar-refractivity contribution in [3.05, 3.63) is 41.5 Å². The molecule has 6 heteroatoms. The summed E-state index contributed by atoms with van der Waals surface area (Å²) in [6.45, 7) is 5.16. The molecule has 0 bridgehead atoms. The smallest absolute Gasteiger partial charge is 0.232 e. The Balaban J connectivity index is 1.72. The lowest BCUT2D eigenvalue weighted by molar-refractivity contribution is -0.128. The molecule has 1 aromatic heterocycles. The Morgan fingerprint density at radius 2 is 2.17 bits per heavy atom. The second-order valence-corrected chi connectivity index (χ2v) is 6.13. The predicted molar refractivity (Wildman–Crippen MR) is 84.2 cm³/mol. The first-order valence-corrected chi connectivity index (χ1v) is 7.81. The Bertz CT molecular complexity index is 696. The summed E-state index contributed by atoms with van der Waals surface area (Å²) in [5, 5.41) is 3.99. The number of likely N-dealkylation sites (tertiary alicyclic amines) is 1. The third kappa shape index (κ3) is 3.21. The van der Waals surface area contributed by atoms with Gasteiger partial charge in [-0.05, 0) is 6.07 Å². The van der Waals surface area contributed by atoms with Crippen molar-refractivity contribution in [3.63, 3.8) is 0 Å². The lowest BCUT2D eigenvalue weighted by atomic mass is 10.1. The number of aromatic nitrogens is 2. The van der Waals surface area contributed by atoms with Crippen LogP contribution in [0, 0.1) is 0 Å². The van der Waals surface area contributed by atoms with Crippen LogP contribution in [-0.2, 0) is 11.3 Å². The summed E-state index contributed by atoms with van der Waals surface area (Å²) in [6.07, 6.45) is 0.412. The first-order chi connectivity index (χ1) is 11.1. The summed E-state index contributed by atoms with van der Waals surface area (Å²) >= 11 is 0. The number of para-hydroxylation sites is 1. The Morgan fingerprint density at radius 1 is 1.39 bits per heavy atom. The van der Waals surface area contributed by atoms with Gasteiger partial charge in [0.2, 0.25) is 11.8 Å². The summed E-state index contributed by atoms with van der Waals surface area (Å²) in [4.78, 5) is 18.5. The molecule has 1 amide bonds. The van der Waals surface area contributed by atoms with Crippen molar-refractivity contribution in [3.8, 4) is 5.75 Å². The third-order valence-electron chi connectivity index (χ3n) is 4.09. The van der Waals surface area contributed by atoms with E-state index in [1.807, 2.05) is 43.0 Å². The van der Waals surface area contributed by atoms with E-state index in [2.05, 4.69) is 10.1 Å². The molecule has 2 aromatic rings. The molecule has 1 saturated heterocycles. The van der Waals surface area contributed by atoms with Gasteiger partial charge in [0.1, 0.15) is 5.75 Å². The minimum absolute atomic E-state index is 0.0304. The molecule has 0 radical (unpaired) electrons. The highest BCUT2D eigenvalue weighted by Gasteiger charge is 2.34. The molecule has 23 heavy (non-hydrogen) atoms. The molecule has 1 fully saturated rings. The zero-order chi connectivity index (χ0) is 16.4. The SMILES string of the molecule is COc1ccccc1CN1CC(c2nc(C(C)C)no2)CC1=O. The van der Waals surface area contributed by atoms with E-state index in [0.29, 0.717) is 31.2 Å². The van der Waals surface area contributed by atoms with Gasteiger partial charge >= 0.3 is 0 Å². The van der Waals surface area contributed by atoms with Crippen LogP contribution in [0.25, 0.3) is 0 Å². The van der Waals surface area contributed by atoms with Gasteiger partial charge in [-0.25, -0.2) is 0 Å². The van der Waals surface area contributed by atoms with E-state index in [-0.39, 0.29) is 17.7 Å². The number of hydrogen-bond acceptors (Lipinski definition) is 5. The third-order valence-corrected chi connectivity index (χ3v) is 4.09. The van der Waals surface area contributed by atoms with E-state index >= 15 is 0 Å². The van der Waals surface area contributed by atoms with E-state index in [9.17, 15) is 4.79 Å². The maximum absolute atomic E-state index is 12.3. The maximum atomic E-state index is 12.3. The summed E-state index contributed by atoms with van der Waals surface area (Å²) in [5.74, 6) is 2.33. The largest absolute Gasteiger partial charge is 0.496 e. The Hall–Kier alpha value is -2.37. The van der Waals surface area contributed by atoms with Crippen molar-refractivity contribution >= 4 is 5.91 Å². The number of ether oxygens (including phenoxy) is 1. The topological polar surface area (TPSA) is 68.5 Å². The summed E-state index contributed by atoms with van der Waals surface area (Å²) < 4.78 is 10.7. The number of benzene rings is 1. The fraction of sp³-hybridized carbons (Fsp3) is 0.471. The lowest BCUT2D eigenvalue weighted by Crippen LogP contribution is -2.24. The first-order valence-electron chi connectivity index (χ1n) is 7.81. The van der Waals surface area contributed by atoms with Gasteiger partial charge in [-0.2, -0.15) is 4.98 Å². The van der Waals surface area contributed by atoms with Gasteiger partial charge in [-0.3, -0.25) is 4.79 Å². The summed E-state index contributed by atoms with van der Waals surface area (Å²) in [6, 6.07) is 7.74. The van der Waals surface area contributed by atoms with Gasteiger partial charge in [-0.1, -0.05) is 37.2 Å². The molecule has 6 nitrogen and oxygen atoms in total. The first kappa shape index (κ1) is 15.5. The van der Waals surface area contributed by atoms with Gasteiger partial charge in [-0.15, -0.1) is 0 Å². The van der Waals surface area contributed by atoms with Crippen molar-refractivity contribution in [1.29, 1.82) is 0 Å². The molecule has 3 rings (SSSR count). The molecule has 0 aliphatic carbocycles. The molecule has 0 N–H and O–H groups in total.